The Bertz CT molecular complexity index is 864. The minimum Gasteiger partial charge on any atom is -0.339 e. The zero-order valence-electron chi connectivity index (χ0n) is 17.0. The van der Waals surface area contributed by atoms with Gasteiger partial charge in [-0.05, 0) is 32.8 Å². The van der Waals surface area contributed by atoms with Crippen LogP contribution in [0.4, 0.5) is 8.78 Å². The third-order valence-electron chi connectivity index (χ3n) is 5.83. The van der Waals surface area contributed by atoms with Crippen LogP contribution in [0.25, 0.3) is 0 Å². The highest BCUT2D eigenvalue weighted by Gasteiger charge is 2.31. The first-order valence-electron chi connectivity index (χ1n) is 10.3. The molecule has 1 aliphatic carbocycles. The van der Waals surface area contributed by atoms with Gasteiger partial charge in [-0.2, -0.15) is 10.2 Å². The monoisotopic (exact) mass is 406 g/mol. The van der Waals surface area contributed by atoms with E-state index in [0.29, 0.717) is 13.1 Å². The molecule has 3 heterocycles. The number of hydrogen-bond donors (Lipinski definition) is 0. The lowest BCUT2D eigenvalue weighted by atomic mass is 10.2. The summed E-state index contributed by atoms with van der Waals surface area (Å²) in [6.45, 7) is 8.68. The van der Waals surface area contributed by atoms with E-state index in [1.165, 1.54) is 16.3 Å². The highest BCUT2D eigenvalue weighted by Crippen LogP contribution is 2.41. The second-order valence-corrected chi connectivity index (χ2v) is 7.98. The quantitative estimate of drug-likeness (QED) is 0.709. The molecule has 2 aromatic heterocycles. The number of halogens is 2. The molecule has 1 saturated heterocycles. The lowest BCUT2D eigenvalue weighted by Crippen LogP contribution is -2.49. The van der Waals surface area contributed by atoms with Crippen molar-refractivity contribution in [1.82, 2.24) is 29.4 Å². The third-order valence-corrected chi connectivity index (χ3v) is 5.83. The fourth-order valence-corrected chi connectivity index (χ4v) is 3.89. The number of carbonyl (C=O) groups excluding carboxylic acids is 1. The maximum absolute atomic E-state index is 13.0. The molecule has 1 amide bonds. The number of amides is 1. The van der Waals surface area contributed by atoms with E-state index in [9.17, 15) is 13.6 Å². The van der Waals surface area contributed by atoms with Crippen molar-refractivity contribution >= 4 is 5.91 Å². The molecule has 0 bridgehead atoms. The Balaban J connectivity index is 1.33. The molecule has 1 saturated carbocycles. The van der Waals surface area contributed by atoms with Crippen LogP contribution in [0.1, 0.15) is 54.8 Å². The fourth-order valence-electron chi connectivity index (χ4n) is 3.89. The molecular weight excluding hydrogens is 378 g/mol. The van der Waals surface area contributed by atoms with Gasteiger partial charge in [0.1, 0.15) is 12.2 Å². The molecule has 7 nitrogen and oxygen atoms in total. The molecule has 0 N–H and O–H groups in total. The van der Waals surface area contributed by atoms with Crippen molar-refractivity contribution < 1.29 is 13.6 Å². The molecular formula is C20H28F2N6O. The van der Waals surface area contributed by atoms with Crippen LogP contribution in [-0.4, -0.2) is 61.4 Å². The van der Waals surface area contributed by atoms with Gasteiger partial charge in [-0.15, -0.1) is 0 Å². The van der Waals surface area contributed by atoms with Crippen molar-refractivity contribution in [1.29, 1.82) is 0 Å². The van der Waals surface area contributed by atoms with Crippen molar-refractivity contribution in [3.05, 3.63) is 34.9 Å². The normalized spacial score (nSPS) is 18.0. The number of rotatable bonds is 7. The van der Waals surface area contributed by atoms with E-state index in [4.69, 9.17) is 0 Å². The van der Waals surface area contributed by atoms with Crippen LogP contribution in [0, 0.1) is 6.92 Å². The van der Waals surface area contributed by atoms with Crippen LogP contribution in [-0.2, 0) is 24.4 Å². The van der Waals surface area contributed by atoms with Gasteiger partial charge in [0.15, 0.2) is 0 Å². The summed E-state index contributed by atoms with van der Waals surface area (Å²) in [5, 5.41) is 8.48. The van der Waals surface area contributed by atoms with Gasteiger partial charge >= 0.3 is 0 Å². The Morgan fingerprint density at radius 1 is 1.21 bits per heavy atom. The van der Waals surface area contributed by atoms with Crippen LogP contribution in [0.3, 0.4) is 0 Å². The molecule has 0 atom stereocenters. The molecule has 9 heteroatoms. The fraction of sp³-hybridized carbons (Fsp3) is 0.650. The second-order valence-electron chi connectivity index (χ2n) is 7.98. The van der Waals surface area contributed by atoms with Crippen molar-refractivity contribution in [2.24, 2.45) is 0 Å². The minimum atomic E-state index is -2.60. The highest BCUT2D eigenvalue weighted by molar-refractivity contribution is 5.76. The summed E-state index contributed by atoms with van der Waals surface area (Å²) < 4.78 is 29.5. The van der Waals surface area contributed by atoms with E-state index in [2.05, 4.69) is 28.2 Å². The molecule has 1 aliphatic heterocycles. The number of piperazine rings is 1. The molecule has 0 radical (unpaired) electrons. The van der Waals surface area contributed by atoms with Crippen LogP contribution < -0.4 is 0 Å². The Morgan fingerprint density at radius 2 is 1.93 bits per heavy atom. The van der Waals surface area contributed by atoms with Crippen LogP contribution in [0.15, 0.2) is 12.3 Å². The van der Waals surface area contributed by atoms with Crippen molar-refractivity contribution in [3.8, 4) is 0 Å². The molecule has 29 heavy (non-hydrogen) atoms. The Hall–Kier alpha value is -2.29. The average Bonchev–Trinajstić information content (AvgIpc) is 3.37. The topological polar surface area (TPSA) is 59.2 Å². The predicted molar refractivity (Wildman–Crippen MR) is 104 cm³/mol. The number of aryl methyl sites for hydroxylation is 2. The van der Waals surface area contributed by atoms with Crippen LogP contribution >= 0.6 is 0 Å². The van der Waals surface area contributed by atoms with E-state index in [1.54, 1.807) is 0 Å². The van der Waals surface area contributed by atoms with E-state index < -0.39 is 6.43 Å². The van der Waals surface area contributed by atoms with Crippen LogP contribution in [0.2, 0.25) is 0 Å². The number of hydrogen-bond acceptors (Lipinski definition) is 4. The molecule has 2 aromatic rings. The minimum absolute atomic E-state index is 0.0426. The number of aromatic nitrogens is 4. The van der Waals surface area contributed by atoms with Crippen molar-refractivity contribution in [2.75, 3.05) is 26.2 Å². The zero-order chi connectivity index (χ0) is 20.5. The van der Waals surface area contributed by atoms with Crippen molar-refractivity contribution in [3.63, 3.8) is 0 Å². The van der Waals surface area contributed by atoms with E-state index in [1.807, 2.05) is 16.5 Å². The SMILES string of the molecule is CCn1cc(CN2CCN(C(=O)Cn3nc(C(F)F)cc3C3CC3)CC2)c(C)n1. The number of nitrogens with zero attached hydrogens (tertiary/aromatic N) is 6. The van der Waals surface area contributed by atoms with Crippen molar-refractivity contribution in [2.45, 2.75) is 58.7 Å². The van der Waals surface area contributed by atoms with E-state index >= 15 is 0 Å². The summed E-state index contributed by atoms with van der Waals surface area (Å²) in [5.41, 5.74) is 2.81. The highest BCUT2D eigenvalue weighted by atomic mass is 19.3. The molecule has 0 spiro atoms. The average molecular weight is 406 g/mol. The van der Waals surface area contributed by atoms with Crippen LogP contribution in [0.5, 0.6) is 0 Å². The molecule has 158 valence electrons. The van der Waals surface area contributed by atoms with Gasteiger partial charge in [0.2, 0.25) is 5.91 Å². The zero-order valence-corrected chi connectivity index (χ0v) is 17.0. The smallest absolute Gasteiger partial charge is 0.282 e. The third kappa shape index (κ3) is 4.49. The Morgan fingerprint density at radius 3 is 2.52 bits per heavy atom. The molecule has 0 aromatic carbocycles. The first-order valence-corrected chi connectivity index (χ1v) is 10.3. The summed E-state index contributed by atoms with van der Waals surface area (Å²) in [7, 11) is 0. The van der Waals surface area contributed by atoms with Gasteiger partial charge in [0.25, 0.3) is 6.43 Å². The first-order chi connectivity index (χ1) is 13.9. The molecule has 0 unspecified atom stereocenters. The summed E-state index contributed by atoms with van der Waals surface area (Å²) >= 11 is 0. The second kappa shape index (κ2) is 8.22. The maximum Gasteiger partial charge on any atom is 0.282 e. The molecule has 2 aliphatic rings. The standard InChI is InChI=1S/C20H28F2N6O/c1-3-27-12-16(14(2)23-27)11-25-6-8-26(9-7-25)19(29)13-28-18(15-4-5-15)10-17(24-28)20(21)22/h10,12,15,20H,3-9,11,13H2,1-2H3. The number of carbonyl (C=O) groups is 1. The number of alkyl halides is 2. The summed E-state index contributed by atoms with van der Waals surface area (Å²) in [6, 6.07) is 1.46. The lowest BCUT2D eigenvalue weighted by Gasteiger charge is -2.34. The Kier molecular flexibility index (Phi) is 5.67. The van der Waals surface area contributed by atoms with E-state index in [-0.39, 0.29) is 24.1 Å². The first kappa shape index (κ1) is 20.0. The predicted octanol–water partition coefficient (Wildman–Crippen LogP) is 2.57. The van der Waals surface area contributed by atoms with Gasteiger partial charge in [0.05, 0.1) is 5.69 Å². The largest absolute Gasteiger partial charge is 0.339 e. The molecule has 2 fully saturated rings. The lowest BCUT2D eigenvalue weighted by molar-refractivity contribution is -0.133. The maximum atomic E-state index is 13.0. The summed E-state index contributed by atoms with van der Waals surface area (Å²) in [5.74, 6) is 0.220. The van der Waals surface area contributed by atoms with E-state index in [0.717, 1.165) is 50.4 Å². The van der Waals surface area contributed by atoms with Gasteiger partial charge < -0.3 is 4.90 Å². The van der Waals surface area contributed by atoms with Gasteiger partial charge in [-0.1, -0.05) is 0 Å². The van der Waals surface area contributed by atoms with Gasteiger partial charge in [-0.25, -0.2) is 8.78 Å². The Labute approximate surface area is 169 Å². The van der Waals surface area contributed by atoms with Gasteiger partial charge in [-0.3, -0.25) is 19.1 Å². The molecule has 4 rings (SSSR count). The summed E-state index contributed by atoms with van der Waals surface area (Å²) in [4.78, 5) is 16.9. The van der Waals surface area contributed by atoms with Gasteiger partial charge in [0, 0.05) is 62.6 Å². The summed E-state index contributed by atoms with van der Waals surface area (Å²) in [6.07, 6.45) is 1.45.